The lowest BCUT2D eigenvalue weighted by Gasteiger charge is -2.23. The summed E-state index contributed by atoms with van der Waals surface area (Å²) in [4.78, 5) is 24.1. The molecule has 19 heavy (non-hydrogen) atoms. The molecule has 0 aromatic heterocycles. The molecule has 1 aromatic rings. The number of amides is 1. The molecule has 0 aliphatic carbocycles. The van der Waals surface area contributed by atoms with E-state index in [0.717, 1.165) is 0 Å². The Balaban J connectivity index is 2.87. The van der Waals surface area contributed by atoms with Crippen LogP contribution in [0.1, 0.15) is 26.7 Å². The van der Waals surface area contributed by atoms with Gasteiger partial charge in [0.2, 0.25) is 5.91 Å². The molecule has 1 N–H and O–H groups in total. The summed E-state index contributed by atoms with van der Waals surface area (Å²) in [5, 5.41) is 8.72. The lowest BCUT2D eigenvalue weighted by molar-refractivity contribution is -0.136. The summed E-state index contributed by atoms with van der Waals surface area (Å²) in [5.41, 5.74) is 0.522. The molecule has 0 saturated heterocycles. The fourth-order valence-corrected chi connectivity index (χ4v) is 1.69. The second-order valence-electron chi connectivity index (χ2n) is 4.76. The van der Waals surface area contributed by atoms with Crippen molar-refractivity contribution in [1.82, 2.24) is 0 Å². The maximum absolute atomic E-state index is 12.9. The molecular formula is C14H18FNO3. The maximum Gasteiger partial charge on any atom is 0.305 e. The quantitative estimate of drug-likeness (QED) is 0.862. The molecule has 1 aromatic carbocycles. The lowest BCUT2D eigenvalue weighted by Crippen LogP contribution is -2.33. The number of halogens is 1. The highest BCUT2D eigenvalue weighted by atomic mass is 19.1. The first kappa shape index (κ1) is 15.1. The van der Waals surface area contributed by atoms with Crippen LogP contribution in [0.15, 0.2) is 24.3 Å². The Morgan fingerprint density at radius 3 is 2.32 bits per heavy atom. The number of aliphatic carboxylic acids is 1. The average molecular weight is 267 g/mol. The molecule has 0 aliphatic rings. The number of benzene rings is 1. The Morgan fingerprint density at radius 2 is 1.84 bits per heavy atom. The van der Waals surface area contributed by atoms with Crippen LogP contribution in [0.25, 0.3) is 0 Å². The first-order valence-corrected chi connectivity index (χ1v) is 6.18. The highest BCUT2D eigenvalue weighted by molar-refractivity contribution is 5.93. The molecule has 0 heterocycles. The zero-order valence-corrected chi connectivity index (χ0v) is 11.1. The van der Waals surface area contributed by atoms with Crippen LogP contribution in [-0.4, -0.2) is 23.5 Å². The molecule has 0 radical (unpaired) electrons. The van der Waals surface area contributed by atoms with E-state index < -0.39 is 11.8 Å². The maximum atomic E-state index is 12.9. The van der Waals surface area contributed by atoms with Gasteiger partial charge in [-0.1, -0.05) is 13.8 Å². The van der Waals surface area contributed by atoms with E-state index in [4.69, 9.17) is 5.11 Å². The van der Waals surface area contributed by atoms with Gasteiger partial charge in [-0.3, -0.25) is 9.59 Å². The van der Waals surface area contributed by atoms with Crippen LogP contribution in [0.4, 0.5) is 10.1 Å². The Hall–Kier alpha value is -1.91. The molecule has 0 atom stereocenters. The van der Waals surface area contributed by atoms with E-state index in [0.29, 0.717) is 12.1 Å². The van der Waals surface area contributed by atoms with Crippen LogP contribution in [0.2, 0.25) is 0 Å². The van der Waals surface area contributed by atoms with Crippen LogP contribution < -0.4 is 4.90 Å². The molecule has 0 aliphatic heterocycles. The number of carbonyl (C=O) groups excluding carboxylic acids is 1. The van der Waals surface area contributed by atoms with Crippen molar-refractivity contribution in [2.24, 2.45) is 5.92 Å². The fourth-order valence-electron chi connectivity index (χ4n) is 1.69. The number of anilines is 1. The fraction of sp³-hybridized carbons (Fsp3) is 0.429. The van der Waals surface area contributed by atoms with E-state index in [1.165, 1.54) is 29.2 Å². The summed E-state index contributed by atoms with van der Waals surface area (Å²) in [6.45, 7) is 3.92. The number of rotatable bonds is 6. The lowest BCUT2D eigenvalue weighted by atomic mass is 10.1. The summed E-state index contributed by atoms with van der Waals surface area (Å²) < 4.78 is 12.9. The molecule has 0 spiro atoms. The highest BCUT2D eigenvalue weighted by Gasteiger charge is 2.17. The van der Waals surface area contributed by atoms with Crippen LogP contribution >= 0.6 is 0 Å². The van der Waals surface area contributed by atoms with Gasteiger partial charge in [-0.15, -0.1) is 0 Å². The van der Waals surface area contributed by atoms with E-state index in [1.54, 1.807) is 0 Å². The standard InChI is InChI=1S/C14H18FNO3/c1-10(2)9-13(17)16(8-7-14(18)19)12-5-3-11(15)4-6-12/h3-6,10H,7-9H2,1-2H3,(H,18,19). The van der Waals surface area contributed by atoms with Crippen molar-refractivity contribution in [3.8, 4) is 0 Å². The Kier molecular flexibility index (Phi) is 5.48. The van der Waals surface area contributed by atoms with Crippen molar-refractivity contribution in [3.63, 3.8) is 0 Å². The molecule has 1 amide bonds. The second-order valence-corrected chi connectivity index (χ2v) is 4.76. The summed E-state index contributed by atoms with van der Waals surface area (Å²) in [5.74, 6) is -1.33. The minimum atomic E-state index is -0.968. The van der Waals surface area contributed by atoms with Crippen molar-refractivity contribution >= 4 is 17.6 Å². The van der Waals surface area contributed by atoms with Crippen LogP contribution in [-0.2, 0) is 9.59 Å². The number of hydrogen-bond acceptors (Lipinski definition) is 2. The summed E-state index contributed by atoms with van der Waals surface area (Å²) in [6.07, 6.45) is 0.193. The van der Waals surface area contributed by atoms with Crippen LogP contribution in [0.5, 0.6) is 0 Å². The van der Waals surface area contributed by atoms with E-state index in [2.05, 4.69) is 0 Å². The van der Waals surface area contributed by atoms with E-state index in [9.17, 15) is 14.0 Å². The van der Waals surface area contributed by atoms with E-state index >= 15 is 0 Å². The van der Waals surface area contributed by atoms with Crippen molar-refractivity contribution < 1.29 is 19.1 Å². The van der Waals surface area contributed by atoms with Gasteiger partial charge in [-0.2, -0.15) is 0 Å². The van der Waals surface area contributed by atoms with Gasteiger partial charge >= 0.3 is 5.97 Å². The first-order valence-electron chi connectivity index (χ1n) is 6.18. The molecule has 0 unspecified atom stereocenters. The van der Waals surface area contributed by atoms with Crippen molar-refractivity contribution in [1.29, 1.82) is 0 Å². The smallest absolute Gasteiger partial charge is 0.305 e. The van der Waals surface area contributed by atoms with Gasteiger partial charge in [-0.05, 0) is 30.2 Å². The predicted octanol–water partition coefficient (Wildman–Crippen LogP) is 2.68. The average Bonchev–Trinajstić information content (AvgIpc) is 2.30. The molecule has 5 heteroatoms. The van der Waals surface area contributed by atoms with Gasteiger partial charge in [0, 0.05) is 18.7 Å². The number of nitrogens with zero attached hydrogens (tertiary/aromatic N) is 1. The normalized spacial score (nSPS) is 10.5. The molecule has 0 saturated carbocycles. The zero-order chi connectivity index (χ0) is 14.4. The topological polar surface area (TPSA) is 57.6 Å². The number of hydrogen-bond donors (Lipinski definition) is 1. The van der Waals surface area contributed by atoms with Crippen molar-refractivity contribution in [3.05, 3.63) is 30.1 Å². The van der Waals surface area contributed by atoms with Crippen molar-refractivity contribution in [2.75, 3.05) is 11.4 Å². The number of carboxylic acids is 1. The van der Waals surface area contributed by atoms with Crippen LogP contribution in [0.3, 0.4) is 0 Å². The molecule has 0 bridgehead atoms. The third-order valence-electron chi connectivity index (χ3n) is 2.57. The van der Waals surface area contributed by atoms with Crippen LogP contribution in [0, 0.1) is 11.7 Å². The third-order valence-corrected chi connectivity index (χ3v) is 2.57. The molecule has 4 nitrogen and oxygen atoms in total. The van der Waals surface area contributed by atoms with Gasteiger partial charge in [-0.25, -0.2) is 4.39 Å². The molecule has 0 fully saturated rings. The SMILES string of the molecule is CC(C)CC(=O)N(CCC(=O)O)c1ccc(F)cc1. The van der Waals surface area contributed by atoms with Gasteiger partial charge < -0.3 is 10.0 Å². The van der Waals surface area contributed by atoms with Gasteiger partial charge in [0.1, 0.15) is 5.82 Å². The number of carbonyl (C=O) groups is 2. The Morgan fingerprint density at radius 1 is 1.26 bits per heavy atom. The minimum Gasteiger partial charge on any atom is -0.481 e. The van der Waals surface area contributed by atoms with E-state index in [1.807, 2.05) is 13.8 Å². The van der Waals surface area contributed by atoms with Gasteiger partial charge in [0.25, 0.3) is 0 Å². The Labute approximate surface area is 111 Å². The third kappa shape index (κ3) is 5.07. The largest absolute Gasteiger partial charge is 0.481 e. The highest BCUT2D eigenvalue weighted by Crippen LogP contribution is 2.18. The molecule has 104 valence electrons. The summed E-state index contributed by atoms with van der Waals surface area (Å²) in [6, 6.07) is 5.47. The summed E-state index contributed by atoms with van der Waals surface area (Å²) in [7, 11) is 0. The summed E-state index contributed by atoms with van der Waals surface area (Å²) >= 11 is 0. The predicted molar refractivity (Wildman–Crippen MR) is 70.5 cm³/mol. The molecular weight excluding hydrogens is 249 g/mol. The van der Waals surface area contributed by atoms with Crippen molar-refractivity contribution in [2.45, 2.75) is 26.7 Å². The monoisotopic (exact) mass is 267 g/mol. The molecule has 1 rings (SSSR count). The minimum absolute atomic E-state index is 0.0898. The van der Waals surface area contributed by atoms with Gasteiger partial charge in [0.15, 0.2) is 0 Å². The van der Waals surface area contributed by atoms with E-state index in [-0.39, 0.29) is 24.8 Å². The Bertz CT molecular complexity index is 443. The number of carboxylic acid groups (broad SMARTS) is 1. The second kappa shape index (κ2) is 6.87. The van der Waals surface area contributed by atoms with Gasteiger partial charge in [0.05, 0.1) is 6.42 Å². The zero-order valence-electron chi connectivity index (χ0n) is 11.1. The first-order chi connectivity index (χ1) is 8.90.